The van der Waals surface area contributed by atoms with Gasteiger partial charge in [0.05, 0.1) is 6.61 Å². The molecule has 1 aromatic carbocycles. The zero-order valence-electron chi connectivity index (χ0n) is 54.3. The number of phenols is 1. The molecule has 460 valence electrons. The van der Waals surface area contributed by atoms with E-state index >= 15 is 0 Å². The van der Waals surface area contributed by atoms with E-state index in [0.717, 1.165) is 55.2 Å². The number of phenolic OH excluding ortho intramolecular Hbond substituents is 1. The van der Waals surface area contributed by atoms with Crippen LogP contribution in [0.3, 0.4) is 0 Å². The third-order valence-electron chi connectivity index (χ3n) is 15.6. The number of carboxylic acid groups (broad SMARTS) is 2. The van der Waals surface area contributed by atoms with Crippen molar-refractivity contribution in [2.24, 2.45) is 0 Å². The molecular formula is C71H132O7Zn. The zero-order chi connectivity index (χ0) is 58.2. The summed E-state index contributed by atoms with van der Waals surface area (Å²) in [7, 11) is 0. The molecule has 7 nitrogen and oxygen atoms in total. The van der Waals surface area contributed by atoms with E-state index in [4.69, 9.17) is 4.74 Å². The number of carboxylic acids is 2. The van der Waals surface area contributed by atoms with Crippen molar-refractivity contribution in [3.05, 3.63) is 28.8 Å². The predicted molar refractivity (Wildman–Crippen MR) is 333 cm³/mol. The van der Waals surface area contributed by atoms with E-state index in [9.17, 15) is 29.7 Å². The Labute approximate surface area is 504 Å². The molecule has 0 saturated heterocycles. The average Bonchev–Trinajstić information content (AvgIpc) is 3.39. The van der Waals surface area contributed by atoms with Gasteiger partial charge in [-0.1, -0.05) is 351 Å². The normalized spacial score (nSPS) is 11.4. The summed E-state index contributed by atoms with van der Waals surface area (Å²) in [5.41, 5.74) is 2.67. The Kier molecular flexibility index (Phi) is 60.9. The Hall–Kier alpha value is -1.95. The van der Waals surface area contributed by atoms with Gasteiger partial charge in [0.15, 0.2) is 0 Å². The number of aliphatic carboxylic acids is 2. The molecule has 0 aliphatic rings. The molecule has 0 aromatic heterocycles. The van der Waals surface area contributed by atoms with Crippen molar-refractivity contribution >= 4 is 17.9 Å². The van der Waals surface area contributed by atoms with Gasteiger partial charge in [-0.3, -0.25) is 4.79 Å². The van der Waals surface area contributed by atoms with Crippen LogP contribution in [0.1, 0.15) is 394 Å². The maximum Gasteiger partial charge on any atom is 2.00 e. The summed E-state index contributed by atoms with van der Waals surface area (Å²) in [6.07, 6.45) is 62.2. The number of aryl methyl sites for hydroxylation is 1. The van der Waals surface area contributed by atoms with Crippen LogP contribution < -0.4 is 10.2 Å². The molecule has 0 heterocycles. The Bertz CT molecular complexity index is 1400. The van der Waals surface area contributed by atoms with Crippen molar-refractivity contribution < 1.29 is 53.9 Å². The first-order chi connectivity index (χ1) is 37.5. The van der Waals surface area contributed by atoms with Crippen LogP contribution >= 0.6 is 0 Å². The van der Waals surface area contributed by atoms with Crippen LogP contribution in [-0.4, -0.2) is 29.6 Å². The number of hydrogen-bond acceptors (Lipinski definition) is 7. The first-order valence-corrected chi connectivity index (χ1v) is 33.9. The second kappa shape index (κ2) is 59.2. The van der Waals surface area contributed by atoms with E-state index in [1.807, 2.05) is 0 Å². The van der Waals surface area contributed by atoms with E-state index in [2.05, 4.69) is 74.4 Å². The summed E-state index contributed by atoms with van der Waals surface area (Å²) in [4.78, 5) is 32.8. The largest absolute Gasteiger partial charge is 2.00 e. The van der Waals surface area contributed by atoms with Crippen molar-refractivity contribution in [3.8, 4) is 5.75 Å². The van der Waals surface area contributed by atoms with E-state index in [1.165, 1.54) is 257 Å². The fourth-order valence-corrected chi connectivity index (χ4v) is 10.4. The first-order valence-electron chi connectivity index (χ1n) is 33.9. The summed E-state index contributed by atoms with van der Waals surface area (Å²) in [6.45, 7) is 20.0. The molecule has 1 aromatic rings. The SMILES string of the molecule is CCCCCCCCCCCCCCCCCC(=O)[O-].CCCCCCCCCCCCCCCCCC(=O)[O-].CCCCCCCCCCCCCCCCCCOC(=O)CCc1cc(C(C)(C)C)c(O)c(C(C)(C)C)c1.[Zn+2]. The molecule has 1 N–H and O–H groups in total. The first kappa shape index (κ1) is 81.3. The molecule has 79 heavy (non-hydrogen) atoms. The standard InChI is InChI=1S/C35H62O3.2C18H36O2.Zn/c1-8-9-10-11-12-13-14-15-16-17-18-19-20-21-22-23-26-38-32(36)25-24-29-27-30(34(2,3)4)33(37)31(28-29)35(5,6)7;2*1-2-3-4-5-6-7-8-9-10-11-12-13-14-15-16-17-18(19)20;/h27-28,37H,8-26H2,1-7H3;2*2-17H2,1H3,(H,19,20);/q;;;+2/p-2. The van der Waals surface area contributed by atoms with Gasteiger partial charge in [0.1, 0.15) is 5.75 Å². The van der Waals surface area contributed by atoms with Crippen molar-refractivity contribution in [1.82, 2.24) is 0 Å². The minimum absolute atomic E-state index is 0. The number of hydrogen-bond donors (Lipinski definition) is 1. The average molecular weight is 1160 g/mol. The molecule has 0 amide bonds. The number of benzene rings is 1. The number of aromatic hydroxyl groups is 1. The van der Waals surface area contributed by atoms with Crippen molar-refractivity contribution in [3.63, 3.8) is 0 Å². The third-order valence-corrected chi connectivity index (χ3v) is 15.6. The van der Waals surface area contributed by atoms with Crippen LogP contribution in [0.25, 0.3) is 0 Å². The summed E-state index contributed by atoms with van der Waals surface area (Å²) in [5, 5.41) is 31.3. The van der Waals surface area contributed by atoms with Crippen molar-refractivity contribution in [2.75, 3.05) is 6.61 Å². The number of carbonyl (C=O) groups is 3. The molecule has 0 atom stereocenters. The van der Waals surface area contributed by atoms with Crippen molar-refractivity contribution in [2.45, 2.75) is 394 Å². The van der Waals surface area contributed by atoms with Crippen LogP contribution in [-0.2, 0) is 55.8 Å². The monoisotopic (exact) mass is 1160 g/mol. The van der Waals surface area contributed by atoms with Gasteiger partial charge in [-0.25, -0.2) is 0 Å². The summed E-state index contributed by atoms with van der Waals surface area (Å²) < 4.78 is 5.51. The van der Waals surface area contributed by atoms with Gasteiger partial charge in [-0.2, -0.15) is 0 Å². The maximum atomic E-state index is 12.3. The maximum absolute atomic E-state index is 12.3. The van der Waals surface area contributed by atoms with Gasteiger partial charge in [0.2, 0.25) is 0 Å². The van der Waals surface area contributed by atoms with Gasteiger partial charge in [-0.15, -0.1) is 0 Å². The van der Waals surface area contributed by atoms with Gasteiger partial charge in [0, 0.05) is 18.4 Å². The minimum atomic E-state index is -0.903. The van der Waals surface area contributed by atoms with Crippen LogP contribution in [0.5, 0.6) is 5.75 Å². The van der Waals surface area contributed by atoms with E-state index in [1.54, 1.807) is 0 Å². The zero-order valence-corrected chi connectivity index (χ0v) is 57.3. The van der Waals surface area contributed by atoms with Crippen LogP contribution in [0.4, 0.5) is 0 Å². The third kappa shape index (κ3) is 59.0. The van der Waals surface area contributed by atoms with Gasteiger partial charge in [0.25, 0.3) is 0 Å². The molecule has 0 spiro atoms. The summed E-state index contributed by atoms with van der Waals surface area (Å²) in [6, 6.07) is 4.13. The second-order valence-corrected chi connectivity index (χ2v) is 25.7. The van der Waals surface area contributed by atoms with Gasteiger partial charge in [-0.05, 0) is 66.0 Å². The molecule has 0 aliphatic heterocycles. The molecule has 8 heteroatoms. The van der Waals surface area contributed by atoms with Gasteiger partial charge >= 0.3 is 25.4 Å². The Morgan fingerprint density at radius 3 is 0.797 bits per heavy atom. The molecule has 0 bridgehead atoms. The summed E-state index contributed by atoms with van der Waals surface area (Å²) >= 11 is 0. The summed E-state index contributed by atoms with van der Waals surface area (Å²) in [5.74, 6) is -1.53. The van der Waals surface area contributed by atoms with Crippen LogP contribution in [0.15, 0.2) is 12.1 Å². The Morgan fingerprint density at radius 2 is 0.582 bits per heavy atom. The molecular weight excluding hydrogens is 1030 g/mol. The molecule has 0 aliphatic carbocycles. The van der Waals surface area contributed by atoms with Crippen LogP contribution in [0.2, 0.25) is 0 Å². The van der Waals surface area contributed by atoms with Gasteiger partial charge < -0.3 is 29.6 Å². The molecule has 0 radical (unpaired) electrons. The van der Waals surface area contributed by atoms with Crippen molar-refractivity contribution in [1.29, 1.82) is 0 Å². The van der Waals surface area contributed by atoms with Crippen LogP contribution in [0, 0.1) is 0 Å². The Balaban J connectivity index is -0.00000119. The fraction of sp³-hybridized carbons (Fsp3) is 0.873. The smallest absolute Gasteiger partial charge is 0.550 e. The molecule has 1 rings (SSSR count). The molecule has 0 fully saturated rings. The predicted octanol–water partition coefficient (Wildman–Crippen LogP) is 20.7. The molecule has 0 unspecified atom stereocenters. The Morgan fingerprint density at radius 1 is 0.367 bits per heavy atom. The fourth-order valence-electron chi connectivity index (χ4n) is 10.4. The minimum Gasteiger partial charge on any atom is -0.550 e. The van der Waals surface area contributed by atoms with E-state index in [0.29, 0.717) is 25.2 Å². The second-order valence-electron chi connectivity index (χ2n) is 25.7. The number of carbonyl (C=O) groups excluding carboxylic acids is 3. The van der Waals surface area contributed by atoms with E-state index in [-0.39, 0.29) is 49.1 Å². The van der Waals surface area contributed by atoms with E-state index < -0.39 is 11.9 Å². The topological polar surface area (TPSA) is 127 Å². The number of rotatable bonds is 52. The number of unbranched alkanes of at least 4 members (excludes halogenated alkanes) is 43. The molecule has 0 saturated carbocycles. The number of esters is 1. The number of ether oxygens (including phenoxy) is 1. The quantitative estimate of drug-likeness (QED) is 0.0391.